The van der Waals surface area contributed by atoms with E-state index >= 15 is 0 Å². The summed E-state index contributed by atoms with van der Waals surface area (Å²) in [6, 6.07) is 9.77. The number of rotatable bonds is 0. The Kier molecular flexibility index (Phi) is 8.84. The van der Waals surface area contributed by atoms with E-state index in [4.69, 9.17) is 28.4 Å². The molecule has 2 aromatic carbocycles. The van der Waals surface area contributed by atoms with Gasteiger partial charge in [0.05, 0.1) is 11.2 Å². The number of phenolic OH excluding ortho intramolecular Hbond substituents is 1. The molecule has 14 atom stereocenters. The number of nitrogens with zero attached hydrogens (tertiary/aromatic N) is 2. The van der Waals surface area contributed by atoms with Crippen LogP contribution < -0.4 is 9.47 Å². The summed E-state index contributed by atoms with van der Waals surface area (Å²) >= 11 is 0. The topological polar surface area (TPSA) is 82.1 Å². The number of hydrogen-bond donors (Lipinski definition) is 1. The molecule has 0 aromatic heterocycles. The molecule has 9 heteroatoms. The van der Waals surface area contributed by atoms with Gasteiger partial charge in [-0.2, -0.15) is 0 Å². The second-order valence-electron chi connectivity index (χ2n) is 25.3. The van der Waals surface area contributed by atoms with E-state index in [1.165, 1.54) is 53.7 Å². The monoisotopic (exact) mass is 881 g/mol. The Morgan fingerprint density at radius 1 is 0.594 bits per heavy atom. The van der Waals surface area contributed by atoms with Crippen molar-refractivity contribution in [2.75, 3.05) is 40.8 Å². The van der Waals surface area contributed by atoms with E-state index < -0.39 is 0 Å². The first kappa shape index (κ1) is 44.1. The summed E-state index contributed by atoms with van der Waals surface area (Å²) in [5.74, 6) is 2.88. The summed E-state index contributed by atoms with van der Waals surface area (Å²) in [5.41, 5.74) is 6.47. The number of piperidine rings is 2. The first-order chi connectivity index (χ1) is 29.2. The maximum atomic E-state index is 10.9. The molecule has 0 amide bonds. The van der Waals surface area contributed by atoms with Crippen molar-refractivity contribution in [2.24, 2.45) is 33.5 Å². The van der Waals surface area contributed by atoms with E-state index in [0.717, 1.165) is 57.4 Å². The fourth-order valence-electron chi connectivity index (χ4n) is 18.8. The van der Waals surface area contributed by atoms with Gasteiger partial charge >= 0.3 is 0 Å². The number of phenols is 1. The molecular formula is C55H80N2O7. The molecule has 2 unspecified atom stereocenters. The van der Waals surface area contributed by atoms with Crippen LogP contribution in [-0.4, -0.2) is 102 Å². The molecule has 16 rings (SSSR count). The molecular weight excluding hydrogens is 801 g/mol. The van der Waals surface area contributed by atoms with Crippen molar-refractivity contribution in [1.29, 1.82) is 0 Å². The van der Waals surface area contributed by atoms with E-state index in [1.807, 2.05) is 6.07 Å². The fourth-order valence-corrected chi connectivity index (χ4v) is 18.8. The number of hydrogen-bond acceptors (Lipinski definition) is 9. The average Bonchev–Trinajstić information content (AvgIpc) is 3.79. The number of benzene rings is 2. The number of aromatic hydroxyl groups is 1. The van der Waals surface area contributed by atoms with E-state index in [0.29, 0.717) is 37.3 Å². The van der Waals surface area contributed by atoms with Gasteiger partial charge in [0.15, 0.2) is 11.5 Å². The Morgan fingerprint density at radius 3 is 1.50 bits per heavy atom. The van der Waals surface area contributed by atoms with Gasteiger partial charge in [-0.1, -0.05) is 74.6 Å². The van der Waals surface area contributed by atoms with Crippen molar-refractivity contribution >= 4 is 0 Å². The number of aryl methyl sites for hydroxylation is 1. The third-order valence-corrected chi connectivity index (χ3v) is 22.4. The summed E-state index contributed by atoms with van der Waals surface area (Å²) in [5, 5.41) is 10.9. The molecule has 1 N–H and O–H groups in total. The average molecular weight is 881 g/mol. The molecule has 64 heavy (non-hydrogen) atoms. The van der Waals surface area contributed by atoms with Crippen LogP contribution in [-0.2, 0) is 42.6 Å². The van der Waals surface area contributed by atoms with Gasteiger partial charge < -0.3 is 43.3 Å². The third-order valence-electron chi connectivity index (χ3n) is 22.4. The Hall–Kier alpha value is -2.40. The van der Waals surface area contributed by atoms with E-state index in [9.17, 15) is 5.11 Å². The van der Waals surface area contributed by atoms with Gasteiger partial charge in [-0.05, 0) is 146 Å². The summed E-state index contributed by atoms with van der Waals surface area (Å²) < 4.78 is 40.6. The highest BCUT2D eigenvalue weighted by atomic mass is 16.7. The number of fused-ring (bicyclic) bond motifs is 2. The SMILES string of the molecule is C.C.CN1CC[C@]23c4c5ccc(O)c4O[C@H]2[C@@]24CCC3(C[C@@H]2[C@@](C)(C(C)(C)C)OCO4)[C@H]1C5.Cc1ccc2c3c1O[C@H]1[C@@]45CCC6(C[C@@H]4[C@@](C)(C(C)(C)C)OCO5)[C@@H](C2)N(C)CC[C@]316. The van der Waals surface area contributed by atoms with Crippen LogP contribution in [0, 0.1) is 40.4 Å². The molecule has 9 nitrogen and oxygen atoms in total. The largest absolute Gasteiger partial charge is 0.504 e. The van der Waals surface area contributed by atoms with Crippen LogP contribution in [0.25, 0.3) is 0 Å². The van der Waals surface area contributed by atoms with E-state index in [2.05, 4.69) is 104 Å². The highest BCUT2D eigenvalue weighted by molar-refractivity contribution is 5.64. The lowest BCUT2D eigenvalue weighted by molar-refractivity contribution is -0.389. The Balaban J connectivity index is 0.000000138. The standard InChI is InChI=1S/C27H37NO3.C26H35NO4.2CH4/c1-16-7-8-17-13-19-25-9-10-27(18(14-25)24(5,23(2,3)4)29-15-30-27)22-26(25,11-12-28(19)6)20(17)21(16)31-22;1-22(2,3)23(4)17-13-24-8-9-26(17,30-14-29-23)21-25(24)10-11-27(5)18(24)12-15-6-7-16(28)20(31-21)19(15)25;;/h7-8,18-19,22H,9-15H2,1-6H3;6-7,17-18,21,28H,8-14H2,1-5H3;2*1H4/t18-,19-,22-,24+,25?,26+,27-;17-,18-,21-,23+,24?,25+,26-;;/m11../s1. The predicted octanol–water partition coefficient (Wildman–Crippen LogP) is 9.87. The zero-order valence-corrected chi connectivity index (χ0v) is 39.5. The number of likely N-dealkylation sites (N-methyl/N-ethyl adjacent to an activating group) is 2. The first-order valence-electron chi connectivity index (χ1n) is 24.5. The van der Waals surface area contributed by atoms with Crippen molar-refractivity contribution in [3.63, 3.8) is 0 Å². The Labute approximate surface area is 384 Å². The van der Waals surface area contributed by atoms with Crippen LogP contribution in [0.15, 0.2) is 24.3 Å². The molecule has 14 aliphatic rings. The third kappa shape index (κ3) is 4.40. The second-order valence-corrected chi connectivity index (χ2v) is 25.3. The van der Waals surface area contributed by atoms with Gasteiger partial charge in [-0.15, -0.1) is 0 Å². The molecule has 6 saturated carbocycles. The van der Waals surface area contributed by atoms with Crippen molar-refractivity contribution in [3.05, 3.63) is 52.1 Å². The molecule has 8 aliphatic carbocycles. The summed E-state index contributed by atoms with van der Waals surface area (Å²) in [6.07, 6.45) is 11.4. The fraction of sp³-hybridized carbons (Fsp3) is 0.782. The minimum Gasteiger partial charge on any atom is -0.504 e. The summed E-state index contributed by atoms with van der Waals surface area (Å²) in [6.45, 7) is 23.8. The van der Waals surface area contributed by atoms with E-state index in [-0.39, 0.29) is 87.9 Å². The Morgan fingerprint density at radius 2 is 1.03 bits per heavy atom. The summed E-state index contributed by atoms with van der Waals surface area (Å²) in [7, 11) is 4.68. The second kappa shape index (κ2) is 12.8. The molecule has 2 aromatic rings. The lowest BCUT2D eigenvalue weighted by atomic mass is 9.33. The highest BCUT2D eigenvalue weighted by Crippen LogP contribution is 2.80. The number of likely N-dealkylation sites (tertiary alicyclic amines) is 2. The van der Waals surface area contributed by atoms with Crippen LogP contribution in [0.4, 0.5) is 0 Å². The summed E-state index contributed by atoms with van der Waals surface area (Å²) in [4.78, 5) is 5.30. The lowest BCUT2D eigenvalue weighted by Crippen LogP contribution is -2.84. The molecule has 8 bridgehead atoms. The molecule has 352 valence electrons. The van der Waals surface area contributed by atoms with E-state index in [1.54, 1.807) is 5.56 Å². The van der Waals surface area contributed by atoms with Crippen LogP contribution in [0.2, 0.25) is 0 Å². The van der Waals surface area contributed by atoms with Crippen LogP contribution in [0.5, 0.6) is 17.2 Å². The molecule has 10 fully saturated rings. The van der Waals surface area contributed by atoms with Gasteiger partial charge in [0.2, 0.25) is 0 Å². The van der Waals surface area contributed by atoms with Crippen molar-refractivity contribution in [3.8, 4) is 17.2 Å². The molecule has 0 radical (unpaired) electrons. The van der Waals surface area contributed by atoms with Crippen molar-refractivity contribution < 1.29 is 33.5 Å². The highest BCUT2D eigenvalue weighted by Gasteiger charge is 2.85. The maximum absolute atomic E-state index is 10.9. The lowest BCUT2D eigenvalue weighted by Gasteiger charge is -2.76. The van der Waals surface area contributed by atoms with Gasteiger partial charge in [-0.3, -0.25) is 0 Å². The normalized spacial score (nSPS) is 47.9. The van der Waals surface area contributed by atoms with Crippen molar-refractivity contribution in [1.82, 2.24) is 9.80 Å². The molecule has 6 aliphatic heterocycles. The van der Waals surface area contributed by atoms with Crippen LogP contribution in [0.1, 0.15) is 149 Å². The molecule has 6 heterocycles. The minimum absolute atomic E-state index is 0. The van der Waals surface area contributed by atoms with Gasteiger partial charge in [0.1, 0.15) is 42.7 Å². The van der Waals surface area contributed by atoms with Crippen LogP contribution >= 0.6 is 0 Å². The van der Waals surface area contributed by atoms with Gasteiger partial charge in [0.25, 0.3) is 0 Å². The zero-order chi connectivity index (χ0) is 43.2. The number of ether oxygens (including phenoxy) is 6. The molecule has 6 spiro atoms. The Bertz CT molecular complexity index is 2160. The van der Waals surface area contributed by atoms with Gasteiger partial charge in [0, 0.05) is 56.7 Å². The zero-order valence-electron chi connectivity index (χ0n) is 39.5. The maximum Gasteiger partial charge on any atom is 0.165 e. The van der Waals surface area contributed by atoms with Crippen molar-refractivity contribution in [2.45, 2.75) is 199 Å². The molecule has 4 saturated heterocycles. The quantitative estimate of drug-likeness (QED) is 0.278. The van der Waals surface area contributed by atoms with Crippen LogP contribution in [0.3, 0.4) is 0 Å². The predicted molar refractivity (Wildman–Crippen MR) is 249 cm³/mol. The van der Waals surface area contributed by atoms with Gasteiger partial charge in [-0.25, -0.2) is 0 Å². The first-order valence-corrected chi connectivity index (χ1v) is 24.5. The smallest absolute Gasteiger partial charge is 0.165 e. The minimum atomic E-state index is -0.359.